The number of quaternary nitrogens is 1. The molecule has 2 nitrogen and oxygen atoms in total. The van der Waals surface area contributed by atoms with Crippen molar-refractivity contribution in [3.05, 3.63) is 0 Å². The summed E-state index contributed by atoms with van der Waals surface area (Å²) in [5, 5.41) is 8.97. The van der Waals surface area contributed by atoms with Gasteiger partial charge in [0.15, 0.2) is 0 Å². The lowest BCUT2D eigenvalue weighted by atomic mass is 10.3. The van der Waals surface area contributed by atoms with Crippen molar-refractivity contribution in [3.63, 3.8) is 0 Å². The lowest BCUT2D eigenvalue weighted by Gasteiger charge is -2.31. The molecule has 0 bridgehead atoms. The Hall–Kier alpha value is -0.570. The van der Waals surface area contributed by atoms with Crippen LogP contribution in [-0.4, -0.2) is 50.9 Å². The van der Waals surface area contributed by atoms with E-state index in [2.05, 4.69) is 28.2 Å². The highest BCUT2D eigenvalue weighted by atomic mass is 19.4. The molecule has 0 aliphatic carbocycles. The first-order chi connectivity index (χ1) is 6.50. The van der Waals surface area contributed by atoms with E-state index >= 15 is 0 Å². The highest BCUT2D eigenvalue weighted by Gasteiger charge is 2.67. The molecule has 100 valence electrons. The molecule has 0 amide bonds. The van der Waals surface area contributed by atoms with Gasteiger partial charge in [0, 0.05) is 0 Å². The van der Waals surface area contributed by atoms with Gasteiger partial charge in [-0.3, -0.25) is 0 Å². The minimum atomic E-state index is -6.52. The van der Waals surface area contributed by atoms with Gasteiger partial charge in [0.05, 0.1) is 28.2 Å². The average molecular weight is 259 g/mol. The van der Waals surface area contributed by atoms with Crippen molar-refractivity contribution in [1.82, 2.24) is 0 Å². The molecule has 0 saturated heterocycles. The summed E-state index contributed by atoms with van der Waals surface area (Å²) in [6, 6.07) is 0. The maximum absolute atomic E-state index is 11.2. The van der Waals surface area contributed by atoms with Crippen LogP contribution < -0.4 is 5.11 Å². The van der Waals surface area contributed by atoms with E-state index in [1.165, 1.54) is 0 Å². The maximum Gasteiger partial charge on any atom is 0.458 e. The molecule has 16 heavy (non-hydrogen) atoms. The Labute approximate surface area is 87.9 Å². The van der Waals surface area contributed by atoms with Gasteiger partial charge in [-0.15, -0.1) is 0 Å². The molecule has 0 fully saturated rings. The third-order valence-electron chi connectivity index (χ3n) is 0.722. The van der Waals surface area contributed by atoms with Gasteiger partial charge in [0.1, 0.15) is 0 Å². The van der Waals surface area contributed by atoms with Gasteiger partial charge in [0.2, 0.25) is 0 Å². The highest BCUT2D eigenvalue weighted by molar-refractivity contribution is 4.81. The number of hydrogen-bond donors (Lipinski definition) is 0. The second-order valence-electron chi connectivity index (χ2n) is 4.27. The molecule has 0 radical (unpaired) electrons. The molecule has 0 spiro atoms. The predicted octanol–water partition coefficient (Wildman–Crippen LogP) is 1.46. The van der Waals surface area contributed by atoms with Crippen LogP contribution in [0.15, 0.2) is 0 Å². The lowest BCUT2D eigenvalue weighted by Crippen LogP contribution is -2.59. The fourth-order valence-corrected chi connectivity index (χ4v) is 0.165. The number of rotatable bonds is 1. The summed E-state index contributed by atoms with van der Waals surface area (Å²) in [4.78, 5) is 0. The minimum Gasteiger partial charge on any atom is -0.793 e. The van der Waals surface area contributed by atoms with Gasteiger partial charge in [-0.2, -0.15) is 22.0 Å². The summed E-state index contributed by atoms with van der Waals surface area (Å²) in [6.07, 6.45) is -12.8. The number of halogens is 7. The van der Waals surface area contributed by atoms with E-state index in [1.807, 2.05) is 0 Å². The van der Waals surface area contributed by atoms with Crippen molar-refractivity contribution >= 4 is 0 Å². The van der Waals surface area contributed by atoms with Crippen LogP contribution in [0.4, 0.5) is 30.7 Å². The summed E-state index contributed by atoms with van der Waals surface area (Å²) < 4.78 is 78.1. The molecule has 9 heteroatoms. The third kappa shape index (κ3) is 6.83. The zero-order valence-electron chi connectivity index (χ0n) is 9.00. The fourth-order valence-electron chi connectivity index (χ4n) is 0.165. The average Bonchev–Trinajstić information content (AvgIpc) is 1.76. The molecule has 0 aliphatic heterocycles. The van der Waals surface area contributed by atoms with E-state index in [0.29, 0.717) is 0 Å². The quantitative estimate of drug-likeness (QED) is 0.516. The van der Waals surface area contributed by atoms with Gasteiger partial charge < -0.3 is 9.59 Å². The Morgan fingerprint density at radius 3 is 0.938 bits per heavy atom. The monoisotopic (exact) mass is 259 g/mol. The molecular weight excluding hydrogens is 247 g/mol. The van der Waals surface area contributed by atoms with Crippen LogP contribution in [0, 0.1) is 0 Å². The smallest absolute Gasteiger partial charge is 0.458 e. The van der Waals surface area contributed by atoms with Crippen molar-refractivity contribution in [2.75, 3.05) is 28.2 Å². The van der Waals surface area contributed by atoms with Crippen molar-refractivity contribution in [1.29, 1.82) is 0 Å². The molecule has 0 aliphatic rings. The zero-order chi connectivity index (χ0) is 14.0. The first kappa shape index (κ1) is 17.8. The van der Waals surface area contributed by atoms with Crippen LogP contribution in [-0.2, 0) is 0 Å². The van der Waals surface area contributed by atoms with E-state index in [-0.39, 0.29) is 0 Å². The van der Waals surface area contributed by atoms with Gasteiger partial charge in [-0.1, -0.05) is 0 Å². The van der Waals surface area contributed by atoms with Gasteiger partial charge in [0.25, 0.3) is 6.11 Å². The summed E-state index contributed by atoms with van der Waals surface area (Å²) >= 11 is 0. The summed E-state index contributed by atoms with van der Waals surface area (Å²) in [5.74, 6) is -6.51. The Kier molecular flexibility index (Phi) is 5.28. The Morgan fingerprint density at radius 1 is 0.750 bits per heavy atom. The Morgan fingerprint density at radius 2 is 0.938 bits per heavy atom. The first-order valence-corrected chi connectivity index (χ1v) is 3.82. The molecule has 0 rings (SSSR count). The minimum absolute atomic E-state index is 1.00. The van der Waals surface area contributed by atoms with Crippen LogP contribution in [0.1, 0.15) is 0 Å². The fraction of sp³-hybridized carbons (Fsp3) is 1.00. The van der Waals surface area contributed by atoms with E-state index in [9.17, 15) is 30.7 Å². The predicted molar refractivity (Wildman–Crippen MR) is 39.9 cm³/mol. The normalized spacial score (nSPS) is 14.2. The summed E-state index contributed by atoms with van der Waals surface area (Å²) in [6.45, 7) is 0. The van der Waals surface area contributed by atoms with Gasteiger partial charge in [-0.25, -0.2) is 8.78 Å². The molecule has 0 aromatic carbocycles. The highest BCUT2D eigenvalue weighted by Crippen LogP contribution is 2.43. The molecule has 0 aromatic rings. The van der Waals surface area contributed by atoms with E-state index < -0.39 is 18.2 Å². The van der Waals surface area contributed by atoms with Crippen LogP contribution in [0.2, 0.25) is 0 Å². The molecule has 0 heterocycles. The van der Waals surface area contributed by atoms with Crippen molar-refractivity contribution in [2.24, 2.45) is 0 Å². The van der Waals surface area contributed by atoms with E-state index in [0.717, 1.165) is 4.48 Å². The molecular formula is C7H12F7NO. The van der Waals surface area contributed by atoms with Crippen molar-refractivity contribution in [3.8, 4) is 0 Å². The van der Waals surface area contributed by atoms with E-state index in [1.54, 1.807) is 0 Å². The van der Waals surface area contributed by atoms with Gasteiger partial charge in [-0.05, 0) is 0 Å². The number of nitrogens with zero attached hydrogens (tertiary/aromatic N) is 1. The Bertz CT molecular complexity index is 190. The standard InChI is InChI=1S/C4H12N.C3F7O/c1-5(2,3)4;4-1(5,2(6,7)8)3(9,10)11/h1-4H3;/q+1;-1. The number of alkyl halides is 7. The molecule has 0 saturated carbocycles. The third-order valence-corrected chi connectivity index (χ3v) is 0.722. The van der Waals surface area contributed by atoms with Crippen LogP contribution >= 0.6 is 0 Å². The SMILES string of the molecule is C[N+](C)(C)C.[O-]C(F)(F)C(F)(F)C(F)(F)F. The van der Waals surface area contributed by atoms with Gasteiger partial charge >= 0.3 is 12.1 Å². The summed E-state index contributed by atoms with van der Waals surface area (Å²) in [5.41, 5.74) is 0. The van der Waals surface area contributed by atoms with E-state index in [4.69, 9.17) is 5.11 Å². The van der Waals surface area contributed by atoms with Crippen LogP contribution in [0.25, 0.3) is 0 Å². The summed E-state index contributed by atoms with van der Waals surface area (Å²) in [7, 11) is 8.50. The largest absolute Gasteiger partial charge is 0.793 e. The second-order valence-corrected chi connectivity index (χ2v) is 4.27. The number of hydrogen-bond acceptors (Lipinski definition) is 1. The Balaban J connectivity index is 0. The first-order valence-electron chi connectivity index (χ1n) is 3.82. The maximum atomic E-state index is 11.2. The molecule has 0 N–H and O–H groups in total. The van der Waals surface area contributed by atoms with Crippen LogP contribution in [0.3, 0.4) is 0 Å². The molecule has 0 atom stereocenters. The van der Waals surface area contributed by atoms with Crippen LogP contribution in [0.5, 0.6) is 0 Å². The zero-order valence-corrected chi connectivity index (χ0v) is 9.00. The topological polar surface area (TPSA) is 23.1 Å². The second kappa shape index (κ2) is 4.74. The molecule has 0 aromatic heterocycles. The lowest BCUT2D eigenvalue weighted by molar-refractivity contribution is -0.849. The van der Waals surface area contributed by atoms with Crippen molar-refractivity contribution in [2.45, 2.75) is 18.2 Å². The van der Waals surface area contributed by atoms with Crippen molar-refractivity contribution < 1.29 is 40.3 Å². The molecule has 0 unspecified atom stereocenters.